The van der Waals surface area contributed by atoms with Crippen molar-refractivity contribution in [3.05, 3.63) is 51.2 Å². The molecule has 0 aromatic heterocycles. The molecule has 1 aliphatic heterocycles. The van der Waals surface area contributed by atoms with Crippen LogP contribution in [0.3, 0.4) is 0 Å². The van der Waals surface area contributed by atoms with Crippen LogP contribution in [0.5, 0.6) is 0 Å². The molecule has 1 unspecified atom stereocenters. The summed E-state index contributed by atoms with van der Waals surface area (Å²) in [6, 6.07) is 3.71. The summed E-state index contributed by atoms with van der Waals surface area (Å²) < 4.78 is 10.1. The maximum absolute atomic E-state index is 12.1. The van der Waals surface area contributed by atoms with Crippen molar-refractivity contribution in [1.82, 2.24) is 10.6 Å². The number of nitrogens with zero attached hydrogens (tertiary/aromatic N) is 1. The second-order valence-corrected chi connectivity index (χ2v) is 5.31. The fraction of sp³-hybridized carbons (Fsp3) is 0.312. The van der Waals surface area contributed by atoms with Crippen LogP contribution in [0.25, 0.3) is 0 Å². The van der Waals surface area contributed by atoms with Gasteiger partial charge in [0.1, 0.15) is 6.61 Å². The van der Waals surface area contributed by atoms with Crippen LogP contribution in [0.15, 0.2) is 35.5 Å². The first-order valence-corrected chi connectivity index (χ1v) is 7.72. The highest BCUT2D eigenvalue weighted by Gasteiger charge is 2.30. The Kier molecular flexibility index (Phi) is 5.89. The van der Waals surface area contributed by atoms with Gasteiger partial charge in [-0.25, -0.2) is 14.4 Å². The molecule has 2 rings (SSSR count). The van der Waals surface area contributed by atoms with E-state index in [4.69, 9.17) is 9.47 Å². The SMILES string of the molecule is CCOC(=O)C1=C(COC(=O)c2ccc([N+](=O)[O-])cc2)NC(=O)NC1C. The van der Waals surface area contributed by atoms with Gasteiger partial charge in [-0.15, -0.1) is 0 Å². The summed E-state index contributed by atoms with van der Waals surface area (Å²) in [7, 11) is 0. The van der Waals surface area contributed by atoms with Crippen molar-refractivity contribution in [2.75, 3.05) is 13.2 Å². The largest absolute Gasteiger partial charge is 0.463 e. The summed E-state index contributed by atoms with van der Waals surface area (Å²) in [5.41, 5.74) is 0.216. The molecular formula is C16H17N3O7. The Balaban J connectivity index is 2.14. The lowest BCUT2D eigenvalue weighted by Crippen LogP contribution is -2.50. The summed E-state index contributed by atoms with van der Waals surface area (Å²) in [4.78, 5) is 45.8. The van der Waals surface area contributed by atoms with Gasteiger partial charge in [-0.05, 0) is 26.0 Å². The summed E-state index contributed by atoms with van der Waals surface area (Å²) in [6.45, 7) is 3.04. The Labute approximate surface area is 148 Å². The number of non-ortho nitro benzene ring substituents is 1. The second-order valence-electron chi connectivity index (χ2n) is 5.31. The lowest BCUT2D eigenvalue weighted by molar-refractivity contribution is -0.384. The highest BCUT2D eigenvalue weighted by atomic mass is 16.6. The number of nitrogens with one attached hydrogen (secondary N) is 2. The number of carbonyl (C=O) groups excluding carboxylic acids is 3. The van der Waals surface area contributed by atoms with E-state index in [0.717, 1.165) is 0 Å². The van der Waals surface area contributed by atoms with Gasteiger partial charge in [0.05, 0.1) is 34.4 Å². The zero-order valence-corrected chi connectivity index (χ0v) is 14.1. The smallest absolute Gasteiger partial charge is 0.338 e. The van der Waals surface area contributed by atoms with Gasteiger partial charge >= 0.3 is 18.0 Å². The van der Waals surface area contributed by atoms with Gasteiger partial charge in [-0.3, -0.25) is 10.1 Å². The molecule has 1 atom stereocenters. The summed E-state index contributed by atoms with van der Waals surface area (Å²) in [5.74, 6) is -1.38. The molecule has 138 valence electrons. The van der Waals surface area contributed by atoms with Crippen molar-refractivity contribution >= 4 is 23.7 Å². The molecule has 10 nitrogen and oxygen atoms in total. The number of nitro benzene ring substituents is 1. The van der Waals surface area contributed by atoms with Crippen LogP contribution >= 0.6 is 0 Å². The van der Waals surface area contributed by atoms with E-state index in [2.05, 4.69) is 10.6 Å². The molecule has 0 saturated heterocycles. The lowest BCUT2D eigenvalue weighted by Gasteiger charge is -2.26. The molecule has 1 aliphatic rings. The van der Waals surface area contributed by atoms with Gasteiger partial charge in [-0.1, -0.05) is 0 Å². The molecule has 1 heterocycles. The summed E-state index contributed by atoms with van der Waals surface area (Å²) >= 11 is 0. The topological polar surface area (TPSA) is 137 Å². The first-order chi connectivity index (χ1) is 12.3. The molecular weight excluding hydrogens is 346 g/mol. The number of hydrogen-bond acceptors (Lipinski definition) is 7. The predicted octanol–water partition coefficient (Wildman–Crippen LogP) is 1.27. The minimum atomic E-state index is -0.754. The van der Waals surface area contributed by atoms with Crippen LogP contribution in [-0.4, -0.2) is 42.1 Å². The first-order valence-electron chi connectivity index (χ1n) is 7.72. The third-order valence-corrected chi connectivity index (χ3v) is 3.53. The van der Waals surface area contributed by atoms with E-state index in [9.17, 15) is 24.5 Å². The number of urea groups is 1. The lowest BCUT2D eigenvalue weighted by atomic mass is 10.0. The average molecular weight is 363 g/mol. The highest BCUT2D eigenvalue weighted by Crippen LogP contribution is 2.16. The fourth-order valence-electron chi connectivity index (χ4n) is 2.33. The molecule has 0 fully saturated rings. The third kappa shape index (κ3) is 4.35. The number of ether oxygens (including phenoxy) is 2. The van der Waals surface area contributed by atoms with Gasteiger partial charge in [-0.2, -0.15) is 0 Å². The molecule has 0 saturated carbocycles. The monoisotopic (exact) mass is 363 g/mol. The van der Waals surface area contributed by atoms with E-state index < -0.39 is 28.9 Å². The van der Waals surface area contributed by atoms with Crippen molar-refractivity contribution in [2.45, 2.75) is 19.9 Å². The normalized spacial score (nSPS) is 16.4. The number of esters is 2. The minimum absolute atomic E-state index is 0.0993. The van der Waals surface area contributed by atoms with E-state index in [1.807, 2.05) is 0 Å². The van der Waals surface area contributed by atoms with Crippen LogP contribution in [0.1, 0.15) is 24.2 Å². The van der Waals surface area contributed by atoms with Gasteiger partial charge in [0.25, 0.3) is 5.69 Å². The Morgan fingerprint density at radius 3 is 2.42 bits per heavy atom. The van der Waals surface area contributed by atoms with E-state index in [0.29, 0.717) is 0 Å². The Morgan fingerprint density at radius 1 is 1.19 bits per heavy atom. The number of carbonyl (C=O) groups is 3. The number of amides is 2. The molecule has 0 radical (unpaired) electrons. The predicted molar refractivity (Wildman–Crippen MR) is 88.2 cm³/mol. The molecule has 1 aromatic carbocycles. The zero-order valence-electron chi connectivity index (χ0n) is 14.1. The van der Waals surface area contributed by atoms with Gasteiger partial charge < -0.3 is 20.1 Å². The maximum Gasteiger partial charge on any atom is 0.338 e. The van der Waals surface area contributed by atoms with Gasteiger partial charge in [0, 0.05) is 12.1 Å². The molecule has 2 N–H and O–H groups in total. The van der Waals surface area contributed by atoms with Crippen molar-refractivity contribution < 1.29 is 28.8 Å². The zero-order chi connectivity index (χ0) is 19.3. The molecule has 26 heavy (non-hydrogen) atoms. The first kappa shape index (κ1) is 18.9. The average Bonchev–Trinajstić information content (AvgIpc) is 2.59. The Hall–Kier alpha value is -3.43. The van der Waals surface area contributed by atoms with E-state index in [1.165, 1.54) is 24.3 Å². The molecule has 1 aromatic rings. The van der Waals surface area contributed by atoms with Crippen molar-refractivity contribution in [3.8, 4) is 0 Å². The van der Waals surface area contributed by atoms with Gasteiger partial charge in [0.15, 0.2) is 0 Å². The van der Waals surface area contributed by atoms with Crippen molar-refractivity contribution in [1.29, 1.82) is 0 Å². The van der Waals surface area contributed by atoms with Crippen LogP contribution in [0.2, 0.25) is 0 Å². The molecule has 0 bridgehead atoms. The molecule has 0 spiro atoms. The fourth-order valence-corrected chi connectivity index (χ4v) is 2.33. The standard InChI is InChI=1S/C16H17N3O7/c1-3-25-15(21)13-9(2)17-16(22)18-12(13)8-26-14(20)10-4-6-11(7-5-10)19(23)24/h4-7,9H,3,8H2,1-2H3,(H2,17,18,22). The number of nitro groups is 1. The number of rotatable bonds is 6. The quantitative estimate of drug-likeness (QED) is 0.441. The molecule has 10 heteroatoms. The van der Waals surface area contributed by atoms with Crippen LogP contribution in [0.4, 0.5) is 10.5 Å². The Bertz CT molecular complexity index is 771. The van der Waals surface area contributed by atoms with Crippen molar-refractivity contribution in [2.24, 2.45) is 0 Å². The second kappa shape index (κ2) is 8.10. The molecule has 2 amide bonds. The maximum atomic E-state index is 12.1. The summed E-state index contributed by atoms with van der Waals surface area (Å²) in [5, 5.41) is 15.6. The van der Waals surface area contributed by atoms with Crippen LogP contribution in [-0.2, 0) is 14.3 Å². The van der Waals surface area contributed by atoms with E-state index >= 15 is 0 Å². The Morgan fingerprint density at radius 2 is 1.85 bits per heavy atom. The number of benzene rings is 1. The van der Waals surface area contributed by atoms with E-state index in [-0.39, 0.29) is 35.7 Å². The minimum Gasteiger partial charge on any atom is -0.463 e. The van der Waals surface area contributed by atoms with Crippen LogP contribution in [0, 0.1) is 10.1 Å². The van der Waals surface area contributed by atoms with Crippen LogP contribution < -0.4 is 10.6 Å². The van der Waals surface area contributed by atoms with Crippen molar-refractivity contribution in [3.63, 3.8) is 0 Å². The highest BCUT2D eigenvalue weighted by molar-refractivity contribution is 5.95. The third-order valence-electron chi connectivity index (χ3n) is 3.53. The van der Waals surface area contributed by atoms with Gasteiger partial charge in [0.2, 0.25) is 0 Å². The number of hydrogen-bond donors (Lipinski definition) is 2. The summed E-state index contributed by atoms with van der Waals surface area (Å²) in [6.07, 6.45) is 0. The molecule has 0 aliphatic carbocycles. The van der Waals surface area contributed by atoms with E-state index in [1.54, 1.807) is 13.8 Å².